The number of amides is 1. The summed E-state index contributed by atoms with van der Waals surface area (Å²) in [5, 5.41) is 15.2. The molecule has 2 saturated heterocycles. The number of rotatable bonds is 7. The minimum Gasteiger partial charge on any atom is -0.492 e. The topological polar surface area (TPSA) is 113 Å². The molecule has 37 heavy (non-hydrogen) atoms. The molecule has 9 nitrogen and oxygen atoms in total. The number of hydrogen-bond donors (Lipinski definition) is 3. The van der Waals surface area contributed by atoms with Gasteiger partial charge in [-0.2, -0.15) is 0 Å². The predicted molar refractivity (Wildman–Crippen MR) is 134 cm³/mol. The van der Waals surface area contributed by atoms with Crippen LogP contribution in [0.3, 0.4) is 0 Å². The Kier molecular flexibility index (Phi) is 6.89. The lowest BCUT2D eigenvalue weighted by Gasteiger charge is -2.33. The van der Waals surface area contributed by atoms with E-state index in [1.165, 1.54) is 13.3 Å². The Balaban J connectivity index is 1.49. The zero-order chi connectivity index (χ0) is 26.3. The Labute approximate surface area is 212 Å². The summed E-state index contributed by atoms with van der Waals surface area (Å²) in [6.07, 6.45) is 5.58. The second kappa shape index (κ2) is 10.1. The van der Waals surface area contributed by atoms with Crippen LogP contribution in [0.4, 0.5) is 14.5 Å². The van der Waals surface area contributed by atoms with Crippen molar-refractivity contribution >= 4 is 28.5 Å². The van der Waals surface area contributed by atoms with Crippen molar-refractivity contribution in [2.24, 2.45) is 0 Å². The van der Waals surface area contributed by atoms with Gasteiger partial charge < -0.3 is 29.9 Å². The molecule has 1 saturated carbocycles. The number of carboxylic acid groups (broad SMARTS) is 1. The van der Waals surface area contributed by atoms with Crippen LogP contribution in [0, 0.1) is 5.82 Å². The molecule has 1 aromatic carbocycles. The van der Waals surface area contributed by atoms with Gasteiger partial charge in [-0.05, 0) is 56.7 Å². The average Bonchev–Trinajstić information content (AvgIpc) is 3.59. The van der Waals surface area contributed by atoms with Crippen LogP contribution in [0.1, 0.15) is 54.9 Å². The molecule has 1 aromatic heterocycles. The first-order valence-electron chi connectivity index (χ1n) is 12.6. The second-order valence-corrected chi connectivity index (χ2v) is 9.85. The molecule has 3 aliphatic rings. The summed E-state index contributed by atoms with van der Waals surface area (Å²) in [5.41, 5.74) is -0.289. The highest BCUT2D eigenvalue weighted by Gasteiger charge is 2.32. The van der Waals surface area contributed by atoms with Gasteiger partial charge in [0.1, 0.15) is 17.1 Å². The molecule has 0 spiro atoms. The van der Waals surface area contributed by atoms with Gasteiger partial charge in [-0.25, -0.2) is 13.6 Å². The molecule has 3 fully saturated rings. The Morgan fingerprint density at radius 3 is 2.70 bits per heavy atom. The molecule has 2 aromatic rings. The standard InChI is InChI=1S/C26H30F2N4O5/c1-37-24-21-16(23(33)17(26(35)36)13-32(21)15-6-7-15)10-18(27)22(24)31-9-3-4-14(12-31)19(28)11-30-25(34)20-5-2-8-29-20/h10,13,15,20,29H,2-9,11-12H2,1H3,(H,30,34)(H,35,36)/b19-14+/t20-/m0/s1. The van der Waals surface area contributed by atoms with Crippen molar-refractivity contribution in [3.63, 3.8) is 0 Å². The molecule has 1 atom stereocenters. The molecule has 0 radical (unpaired) electrons. The highest BCUT2D eigenvalue weighted by atomic mass is 19.1. The van der Waals surface area contributed by atoms with E-state index in [-0.39, 0.29) is 47.9 Å². The second-order valence-electron chi connectivity index (χ2n) is 9.85. The number of ether oxygens (including phenoxy) is 1. The molecule has 5 rings (SSSR count). The van der Waals surface area contributed by atoms with Crippen molar-refractivity contribution in [2.75, 3.05) is 38.2 Å². The fraction of sp³-hybridized carbons (Fsp3) is 0.500. The van der Waals surface area contributed by atoms with Crippen LogP contribution >= 0.6 is 0 Å². The number of aromatic nitrogens is 1. The van der Waals surface area contributed by atoms with E-state index >= 15 is 8.78 Å². The number of aromatic carboxylic acids is 1. The summed E-state index contributed by atoms with van der Waals surface area (Å²) in [5.74, 6) is -2.67. The van der Waals surface area contributed by atoms with Crippen molar-refractivity contribution in [2.45, 2.75) is 50.6 Å². The van der Waals surface area contributed by atoms with E-state index in [2.05, 4.69) is 10.6 Å². The largest absolute Gasteiger partial charge is 0.492 e. The van der Waals surface area contributed by atoms with Gasteiger partial charge in [-0.1, -0.05) is 0 Å². The van der Waals surface area contributed by atoms with Gasteiger partial charge in [-0.15, -0.1) is 0 Å². The number of hydrogen-bond acceptors (Lipinski definition) is 6. The number of nitrogens with one attached hydrogen (secondary N) is 2. The molecule has 0 bridgehead atoms. The normalized spacial score (nSPS) is 21.3. The molecule has 3 N–H and O–H groups in total. The first kappa shape index (κ1) is 25.2. The Morgan fingerprint density at radius 2 is 2.05 bits per heavy atom. The van der Waals surface area contributed by atoms with E-state index in [4.69, 9.17) is 4.74 Å². The quantitative estimate of drug-likeness (QED) is 0.519. The van der Waals surface area contributed by atoms with Crippen molar-refractivity contribution in [1.29, 1.82) is 0 Å². The van der Waals surface area contributed by atoms with E-state index in [1.807, 2.05) is 0 Å². The Hall–Kier alpha value is -3.47. The number of pyridine rings is 1. The SMILES string of the molecule is COc1c(N2CCC/C(=C(\F)CNC(=O)[C@@H]3CCCN3)C2)c(F)cc2c(=O)c(C(=O)O)cn(C3CC3)c12. The van der Waals surface area contributed by atoms with Crippen LogP contribution in [-0.4, -0.2) is 60.9 Å². The predicted octanol–water partition coefficient (Wildman–Crippen LogP) is 2.87. The van der Waals surface area contributed by atoms with Crippen molar-refractivity contribution < 1.29 is 28.2 Å². The molecule has 1 amide bonds. The van der Waals surface area contributed by atoms with Crippen molar-refractivity contribution in [3.8, 4) is 5.75 Å². The number of carboxylic acids is 1. The summed E-state index contributed by atoms with van der Waals surface area (Å²) >= 11 is 0. The zero-order valence-corrected chi connectivity index (χ0v) is 20.6. The number of fused-ring (bicyclic) bond motifs is 1. The van der Waals surface area contributed by atoms with Crippen LogP contribution < -0.4 is 25.7 Å². The number of piperidine rings is 1. The van der Waals surface area contributed by atoms with Crippen LogP contribution in [-0.2, 0) is 4.79 Å². The number of methoxy groups -OCH3 is 1. The average molecular weight is 517 g/mol. The van der Waals surface area contributed by atoms with Crippen molar-refractivity contribution in [1.82, 2.24) is 15.2 Å². The summed E-state index contributed by atoms with van der Waals surface area (Å²) in [6.45, 7) is 1.08. The van der Waals surface area contributed by atoms with E-state index in [1.54, 1.807) is 9.47 Å². The maximum atomic E-state index is 15.6. The lowest BCUT2D eigenvalue weighted by molar-refractivity contribution is -0.122. The Bertz CT molecular complexity index is 1340. The molecule has 0 unspecified atom stereocenters. The summed E-state index contributed by atoms with van der Waals surface area (Å²) in [4.78, 5) is 38.5. The zero-order valence-electron chi connectivity index (χ0n) is 20.6. The molecular weight excluding hydrogens is 486 g/mol. The Morgan fingerprint density at radius 1 is 1.27 bits per heavy atom. The third-order valence-electron chi connectivity index (χ3n) is 7.36. The smallest absolute Gasteiger partial charge is 0.341 e. The lowest BCUT2D eigenvalue weighted by atomic mass is 10.0. The van der Waals surface area contributed by atoms with E-state index in [9.17, 15) is 19.5 Å². The van der Waals surface area contributed by atoms with Crippen LogP contribution in [0.15, 0.2) is 28.5 Å². The molecule has 1 aliphatic carbocycles. The maximum Gasteiger partial charge on any atom is 0.341 e. The fourth-order valence-corrected chi connectivity index (χ4v) is 5.33. The minimum absolute atomic E-state index is 0.0133. The van der Waals surface area contributed by atoms with Gasteiger partial charge in [-0.3, -0.25) is 9.59 Å². The monoisotopic (exact) mass is 516 g/mol. The fourth-order valence-electron chi connectivity index (χ4n) is 5.33. The third-order valence-corrected chi connectivity index (χ3v) is 7.36. The van der Waals surface area contributed by atoms with E-state index in [0.717, 1.165) is 38.3 Å². The van der Waals surface area contributed by atoms with Gasteiger partial charge in [0.05, 0.1) is 30.6 Å². The van der Waals surface area contributed by atoms with Gasteiger partial charge in [0, 0.05) is 25.3 Å². The number of anilines is 1. The first-order valence-corrected chi connectivity index (χ1v) is 12.6. The van der Waals surface area contributed by atoms with E-state index < -0.39 is 28.6 Å². The maximum absolute atomic E-state index is 15.6. The van der Waals surface area contributed by atoms with E-state index in [0.29, 0.717) is 30.5 Å². The van der Waals surface area contributed by atoms with Gasteiger partial charge in [0.2, 0.25) is 11.3 Å². The van der Waals surface area contributed by atoms with Crippen molar-refractivity contribution in [3.05, 3.63) is 45.3 Å². The van der Waals surface area contributed by atoms with Gasteiger partial charge in [0.25, 0.3) is 0 Å². The number of carbonyl (C=O) groups is 2. The van der Waals surface area contributed by atoms with Crippen LogP contribution in [0.2, 0.25) is 0 Å². The molecule has 3 heterocycles. The molecule has 198 valence electrons. The first-order chi connectivity index (χ1) is 17.8. The summed E-state index contributed by atoms with van der Waals surface area (Å²) in [7, 11) is 1.37. The van der Waals surface area contributed by atoms with Crippen LogP contribution in [0.5, 0.6) is 5.75 Å². The number of nitrogens with zero attached hydrogens (tertiary/aromatic N) is 2. The molecular formula is C26H30F2N4O5. The van der Waals surface area contributed by atoms with Gasteiger partial charge >= 0.3 is 5.97 Å². The number of carbonyl (C=O) groups excluding carboxylic acids is 1. The number of benzene rings is 1. The van der Waals surface area contributed by atoms with Gasteiger partial charge in [0.15, 0.2) is 11.6 Å². The van der Waals surface area contributed by atoms with Crippen LogP contribution in [0.25, 0.3) is 10.9 Å². The summed E-state index contributed by atoms with van der Waals surface area (Å²) in [6, 6.07) is 0.743. The molecule has 11 heteroatoms. The third kappa shape index (κ3) is 4.79. The highest BCUT2D eigenvalue weighted by molar-refractivity contribution is 5.97. The molecule has 2 aliphatic heterocycles. The lowest BCUT2D eigenvalue weighted by Crippen LogP contribution is -2.41. The minimum atomic E-state index is -1.37. The highest BCUT2D eigenvalue weighted by Crippen LogP contribution is 2.44. The number of halogens is 2. The summed E-state index contributed by atoms with van der Waals surface area (Å²) < 4.78 is 38.0.